The van der Waals surface area contributed by atoms with E-state index in [1.807, 2.05) is 11.8 Å². The normalized spacial score (nSPS) is 31.5. The molecule has 0 saturated carbocycles. The Morgan fingerprint density at radius 3 is 2.68 bits per heavy atom. The molecule has 0 radical (unpaired) electrons. The fourth-order valence-electron chi connectivity index (χ4n) is 4.04. The molecule has 3 amide bonds. The molecule has 0 aliphatic carbocycles. The summed E-state index contributed by atoms with van der Waals surface area (Å²) in [5.41, 5.74) is 0. The molecule has 2 N–H and O–H groups in total. The fourth-order valence-corrected chi connectivity index (χ4v) is 4.04. The van der Waals surface area contributed by atoms with Crippen LogP contribution >= 0.6 is 0 Å². The third-order valence-corrected chi connectivity index (χ3v) is 5.53. The minimum Gasteiger partial charge on any atom is -0.389 e. The Balaban J connectivity index is 1.60. The highest BCUT2D eigenvalue weighted by molar-refractivity contribution is 5.77. The number of amides is 3. The summed E-state index contributed by atoms with van der Waals surface area (Å²) in [4.78, 5) is 28.7. The van der Waals surface area contributed by atoms with Gasteiger partial charge in [0.25, 0.3) is 0 Å². The van der Waals surface area contributed by atoms with Crippen molar-refractivity contribution in [1.82, 2.24) is 15.1 Å². The van der Waals surface area contributed by atoms with Crippen LogP contribution in [0.5, 0.6) is 0 Å². The van der Waals surface area contributed by atoms with Gasteiger partial charge in [-0.15, -0.1) is 0 Å². The highest BCUT2D eigenvalue weighted by Gasteiger charge is 2.40. The highest BCUT2D eigenvalue weighted by Crippen LogP contribution is 2.28. The first kappa shape index (κ1) is 21.3. The summed E-state index contributed by atoms with van der Waals surface area (Å²) in [6, 6.07) is -0.342. The van der Waals surface area contributed by atoms with E-state index in [2.05, 4.69) is 5.32 Å². The lowest BCUT2D eigenvalue weighted by atomic mass is 9.94. The summed E-state index contributed by atoms with van der Waals surface area (Å²) in [5.74, 6) is 0.0893. The van der Waals surface area contributed by atoms with Crippen molar-refractivity contribution >= 4 is 11.9 Å². The molecule has 3 heterocycles. The van der Waals surface area contributed by atoms with Gasteiger partial charge >= 0.3 is 6.03 Å². The SMILES string of the molecule is CCCNC(=O)N1C[C@H](O)COC[C@@H]2O[C@H](CC(=O)N3CCOCC3)CC[C@H]21. The Morgan fingerprint density at radius 2 is 1.93 bits per heavy atom. The molecule has 3 fully saturated rings. The molecule has 0 aromatic carbocycles. The molecule has 3 aliphatic heterocycles. The molecule has 9 heteroatoms. The smallest absolute Gasteiger partial charge is 0.317 e. The van der Waals surface area contributed by atoms with E-state index in [-0.39, 0.29) is 43.3 Å². The van der Waals surface area contributed by atoms with Crippen molar-refractivity contribution in [1.29, 1.82) is 0 Å². The van der Waals surface area contributed by atoms with Gasteiger partial charge in [-0.05, 0) is 19.3 Å². The average Bonchev–Trinajstić information content (AvgIpc) is 2.70. The van der Waals surface area contributed by atoms with Gasteiger partial charge in [0.05, 0.1) is 57.6 Å². The second-order valence-corrected chi connectivity index (χ2v) is 7.71. The van der Waals surface area contributed by atoms with Crippen molar-refractivity contribution in [3.8, 4) is 0 Å². The lowest BCUT2D eigenvalue weighted by molar-refractivity contribution is -0.156. The van der Waals surface area contributed by atoms with Crippen LogP contribution in [-0.4, -0.2) is 104 Å². The van der Waals surface area contributed by atoms with Crippen molar-refractivity contribution in [2.75, 3.05) is 52.6 Å². The van der Waals surface area contributed by atoms with Crippen molar-refractivity contribution in [3.05, 3.63) is 0 Å². The number of carbonyl (C=O) groups excluding carboxylic acids is 2. The molecule has 9 nitrogen and oxygen atoms in total. The minimum atomic E-state index is -0.714. The van der Waals surface area contributed by atoms with Crippen LogP contribution in [0.25, 0.3) is 0 Å². The van der Waals surface area contributed by atoms with E-state index >= 15 is 0 Å². The van der Waals surface area contributed by atoms with Gasteiger partial charge in [0.1, 0.15) is 6.10 Å². The number of β-amino-alcohol motifs (C(OH)–C–C–N with tert-alkyl or cyclic N) is 1. The highest BCUT2D eigenvalue weighted by atomic mass is 16.5. The van der Waals surface area contributed by atoms with Gasteiger partial charge in [-0.25, -0.2) is 4.79 Å². The van der Waals surface area contributed by atoms with Crippen LogP contribution in [0.2, 0.25) is 0 Å². The van der Waals surface area contributed by atoms with Crippen LogP contribution in [0, 0.1) is 0 Å². The topological polar surface area (TPSA) is 101 Å². The number of carbonyl (C=O) groups is 2. The Hall–Kier alpha value is -1.42. The van der Waals surface area contributed by atoms with E-state index in [9.17, 15) is 14.7 Å². The number of aliphatic hydroxyl groups excluding tert-OH is 1. The zero-order chi connectivity index (χ0) is 19.9. The largest absolute Gasteiger partial charge is 0.389 e. The lowest BCUT2D eigenvalue weighted by Gasteiger charge is -2.44. The number of hydrogen-bond acceptors (Lipinski definition) is 6. The third kappa shape index (κ3) is 5.56. The number of aliphatic hydroxyl groups is 1. The Bertz CT molecular complexity index is 528. The standard InChI is InChI=1S/C19H33N3O6/c1-2-5-20-19(25)22-11-14(23)12-27-13-17-16(22)4-3-15(28-17)10-18(24)21-6-8-26-9-7-21/h14-17,23H,2-13H2,1H3,(H,20,25)/t14-,15-,16+,17-/m0/s1. The van der Waals surface area contributed by atoms with Gasteiger partial charge in [-0.3, -0.25) is 4.79 Å². The van der Waals surface area contributed by atoms with Gasteiger partial charge in [0.2, 0.25) is 5.91 Å². The van der Waals surface area contributed by atoms with Crippen LogP contribution in [-0.2, 0) is 19.0 Å². The van der Waals surface area contributed by atoms with Crippen LogP contribution in [0.15, 0.2) is 0 Å². The van der Waals surface area contributed by atoms with Crippen molar-refractivity contribution in [2.45, 2.75) is 57.0 Å². The quantitative estimate of drug-likeness (QED) is 0.688. The molecular weight excluding hydrogens is 366 g/mol. The zero-order valence-corrected chi connectivity index (χ0v) is 16.7. The molecule has 0 unspecified atom stereocenters. The monoisotopic (exact) mass is 399 g/mol. The molecule has 0 bridgehead atoms. The number of morpholine rings is 1. The van der Waals surface area contributed by atoms with Crippen LogP contribution in [0.3, 0.4) is 0 Å². The first-order valence-electron chi connectivity index (χ1n) is 10.4. The molecule has 3 aliphatic rings. The molecule has 28 heavy (non-hydrogen) atoms. The van der Waals surface area contributed by atoms with Gasteiger partial charge in [0.15, 0.2) is 0 Å². The van der Waals surface area contributed by atoms with E-state index < -0.39 is 6.10 Å². The second kappa shape index (κ2) is 10.4. The first-order valence-corrected chi connectivity index (χ1v) is 10.4. The van der Waals surface area contributed by atoms with E-state index in [0.29, 0.717) is 52.3 Å². The fraction of sp³-hybridized carbons (Fsp3) is 0.895. The van der Waals surface area contributed by atoms with Crippen molar-refractivity contribution in [3.63, 3.8) is 0 Å². The third-order valence-electron chi connectivity index (χ3n) is 5.53. The van der Waals surface area contributed by atoms with E-state index in [1.165, 1.54) is 0 Å². The number of nitrogens with zero attached hydrogens (tertiary/aromatic N) is 2. The van der Waals surface area contributed by atoms with Gasteiger partial charge in [-0.1, -0.05) is 6.92 Å². The number of ether oxygens (including phenoxy) is 3. The number of fused-ring (bicyclic) bond motifs is 1. The van der Waals surface area contributed by atoms with Gasteiger partial charge in [0, 0.05) is 19.6 Å². The summed E-state index contributed by atoms with van der Waals surface area (Å²) in [6.45, 7) is 5.71. The van der Waals surface area contributed by atoms with Crippen LogP contribution in [0.1, 0.15) is 32.6 Å². The van der Waals surface area contributed by atoms with E-state index in [0.717, 1.165) is 12.8 Å². The molecule has 0 aromatic heterocycles. The predicted octanol–water partition coefficient (Wildman–Crippen LogP) is -0.0358. The first-order chi connectivity index (χ1) is 13.6. The lowest BCUT2D eigenvalue weighted by Crippen LogP contribution is -2.59. The average molecular weight is 399 g/mol. The zero-order valence-electron chi connectivity index (χ0n) is 16.7. The molecule has 3 rings (SSSR count). The second-order valence-electron chi connectivity index (χ2n) is 7.71. The van der Waals surface area contributed by atoms with Crippen molar-refractivity contribution in [2.24, 2.45) is 0 Å². The van der Waals surface area contributed by atoms with Gasteiger partial charge in [-0.2, -0.15) is 0 Å². The molecule has 0 aromatic rings. The number of urea groups is 1. The molecule has 0 spiro atoms. The molecular formula is C19H33N3O6. The summed E-state index contributed by atoms with van der Waals surface area (Å²) >= 11 is 0. The summed E-state index contributed by atoms with van der Waals surface area (Å²) < 4.78 is 17.1. The number of hydrogen-bond donors (Lipinski definition) is 2. The molecule has 4 atom stereocenters. The van der Waals surface area contributed by atoms with Crippen molar-refractivity contribution < 1.29 is 28.9 Å². The number of nitrogens with one attached hydrogen (secondary N) is 1. The predicted molar refractivity (Wildman–Crippen MR) is 101 cm³/mol. The Labute approximate surface area is 166 Å². The summed E-state index contributed by atoms with van der Waals surface area (Å²) in [5, 5.41) is 13.0. The maximum Gasteiger partial charge on any atom is 0.317 e. The number of rotatable bonds is 4. The molecule has 3 saturated heterocycles. The van der Waals surface area contributed by atoms with E-state index in [1.54, 1.807) is 4.90 Å². The van der Waals surface area contributed by atoms with E-state index in [4.69, 9.17) is 14.2 Å². The van der Waals surface area contributed by atoms with Crippen LogP contribution in [0.4, 0.5) is 4.79 Å². The maximum absolute atomic E-state index is 12.6. The minimum absolute atomic E-state index is 0.0893. The van der Waals surface area contributed by atoms with Crippen LogP contribution < -0.4 is 5.32 Å². The Morgan fingerprint density at radius 1 is 1.14 bits per heavy atom. The maximum atomic E-state index is 12.6. The molecule has 160 valence electrons. The summed E-state index contributed by atoms with van der Waals surface area (Å²) in [7, 11) is 0. The van der Waals surface area contributed by atoms with Gasteiger partial charge < -0.3 is 34.4 Å². The Kier molecular flexibility index (Phi) is 7.90. The summed E-state index contributed by atoms with van der Waals surface area (Å²) in [6.07, 6.45) is 1.43.